The van der Waals surface area contributed by atoms with E-state index < -0.39 is 16.4 Å². The van der Waals surface area contributed by atoms with Crippen molar-refractivity contribution in [2.24, 2.45) is 5.41 Å². The Morgan fingerprint density at radius 3 is 1.84 bits per heavy atom. The summed E-state index contributed by atoms with van der Waals surface area (Å²) in [5.41, 5.74) is -0.706. The molecule has 0 unspecified atom stereocenters. The summed E-state index contributed by atoms with van der Waals surface area (Å²) in [6, 6.07) is 0. The van der Waals surface area contributed by atoms with Crippen LogP contribution in [0, 0.1) is 5.41 Å². The van der Waals surface area contributed by atoms with Crippen molar-refractivity contribution in [1.29, 1.82) is 0 Å². The average molecular weight is 295 g/mol. The number of hydrogen-bond donors (Lipinski definition) is 0. The van der Waals surface area contributed by atoms with Crippen LogP contribution < -0.4 is 0 Å². The van der Waals surface area contributed by atoms with Crippen molar-refractivity contribution in [3.05, 3.63) is 0 Å². The molecule has 0 heterocycles. The molecule has 0 aromatic carbocycles. The van der Waals surface area contributed by atoms with Crippen molar-refractivity contribution in [3.8, 4) is 0 Å². The Labute approximate surface area is 121 Å². The minimum Gasteiger partial charge on any atom is -0.267 e. The fourth-order valence-corrected chi connectivity index (χ4v) is 1.32. The lowest BCUT2D eigenvalue weighted by molar-refractivity contribution is -0.526. The van der Waals surface area contributed by atoms with Crippen molar-refractivity contribution >= 4 is 17.6 Å². The van der Waals surface area contributed by atoms with Crippen LogP contribution in [0.2, 0.25) is 0 Å². The first kappa shape index (κ1) is 18.7. The maximum absolute atomic E-state index is 11.8. The van der Waals surface area contributed by atoms with Crippen LogP contribution in [-0.2, 0) is 19.6 Å². The zero-order valence-corrected chi connectivity index (χ0v) is 13.9. The Morgan fingerprint density at radius 2 is 1.47 bits per heavy atom. The second-order valence-corrected chi connectivity index (χ2v) is 6.67. The second kappa shape index (κ2) is 6.91. The van der Waals surface area contributed by atoms with Crippen LogP contribution in [0.1, 0.15) is 67.7 Å². The zero-order chi connectivity index (χ0) is 15.3. The molecule has 4 nitrogen and oxygen atoms in total. The van der Waals surface area contributed by atoms with Gasteiger partial charge in [0.25, 0.3) is 0 Å². The predicted octanol–water partition coefficient (Wildman–Crippen LogP) is 4.41. The van der Waals surface area contributed by atoms with E-state index in [0.29, 0.717) is 12.8 Å². The first-order chi connectivity index (χ1) is 8.56. The Hall–Kier alpha value is -0.320. The molecule has 0 aromatic rings. The van der Waals surface area contributed by atoms with Gasteiger partial charge in [-0.2, -0.15) is 4.89 Å². The highest BCUT2D eigenvalue weighted by Crippen LogP contribution is 2.37. The maximum atomic E-state index is 11.8. The van der Waals surface area contributed by atoms with Gasteiger partial charge in [-0.05, 0) is 43.6 Å². The number of carbonyl (C=O) groups is 1. The van der Waals surface area contributed by atoms with E-state index in [2.05, 4.69) is 30.7 Å². The third-order valence-corrected chi connectivity index (χ3v) is 5.04. The van der Waals surface area contributed by atoms with Crippen molar-refractivity contribution in [1.82, 2.24) is 0 Å². The molecule has 0 aliphatic carbocycles. The molecule has 0 atom stereocenters. The highest BCUT2D eigenvalue weighted by atomic mass is 35.5. The molecule has 0 N–H and O–H groups in total. The molecule has 0 rings (SSSR count). The molecule has 114 valence electrons. The van der Waals surface area contributed by atoms with Gasteiger partial charge in [0.05, 0.1) is 0 Å². The lowest BCUT2D eigenvalue weighted by atomic mass is 9.75. The van der Waals surface area contributed by atoms with E-state index in [9.17, 15) is 4.79 Å². The molecular formula is C14H27ClO4. The molecule has 0 saturated carbocycles. The van der Waals surface area contributed by atoms with Crippen LogP contribution in [-0.4, -0.2) is 16.4 Å². The third-order valence-electron chi connectivity index (χ3n) is 4.35. The minimum absolute atomic E-state index is 0.118. The Balaban J connectivity index is 4.42. The summed E-state index contributed by atoms with van der Waals surface area (Å²) in [5.74, 6) is -0.621. The monoisotopic (exact) mass is 294 g/mol. The fraction of sp³-hybridized carbons (Fsp3) is 0.929. The number of alkyl halides is 1. The molecule has 5 heteroatoms. The first-order valence-corrected chi connectivity index (χ1v) is 7.19. The summed E-state index contributed by atoms with van der Waals surface area (Å²) in [6.07, 6.45) is 1.84. The van der Waals surface area contributed by atoms with Crippen molar-refractivity contribution in [3.63, 3.8) is 0 Å². The normalized spacial score (nSPS) is 13.5. The largest absolute Gasteiger partial charge is 0.366 e. The van der Waals surface area contributed by atoms with Gasteiger partial charge in [-0.25, -0.2) is 4.79 Å². The molecule has 0 amide bonds. The molecule has 0 fully saturated rings. The quantitative estimate of drug-likeness (QED) is 0.378. The predicted molar refractivity (Wildman–Crippen MR) is 75.6 cm³/mol. The highest BCUT2D eigenvalue weighted by Gasteiger charge is 2.40. The van der Waals surface area contributed by atoms with E-state index in [1.165, 1.54) is 0 Å². The van der Waals surface area contributed by atoms with Gasteiger partial charge in [0.15, 0.2) is 0 Å². The number of carbonyl (C=O) groups excluding carboxylic acids is 1. The van der Waals surface area contributed by atoms with Crippen LogP contribution in [0.15, 0.2) is 0 Å². The van der Waals surface area contributed by atoms with Crippen LogP contribution >= 0.6 is 11.6 Å². The molecule has 0 aromatic heterocycles. The van der Waals surface area contributed by atoms with E-state index >= 15 is 0 Å². The fourth-order valence-electron chi connectivity index (χ4n) is 1.28. The summed E-state index contributed by atoms with van der Waals surface area (Å²) in [6.45, 7) is 13.6. The van der Waals surface area contributed by atoms with Gasteiger partial charge in [0, 0.05) is 0 Å². The minimum atomic E-state index is -1.05. The zero-order valence-electron chi connectivity index (χ0n) is 13.1. The summed E-state index contributed by atoms with van der Waals surface area (Å²) in [4.78, 5) is 20.6. The van der Waals surface area contributed by atoms with E-state index in [1.54, 1.807) is 0 Å². The van der Waals surface area contributed by atoms with Crippen molar-refractivity contribution in [2.75, 3.05) is 0 Å². The molecule has 0 saturated heterocycles. The number of rotatable bonds is 8. The van der Waals surface area contributed by atoms with Crippen LogP contribution in [0.25, 0.3) is 0 Å². The van der Waals surface area contributed by atoms with Crippen LogP contribution in [0.5, 0.6) is 0 Å². The summed E-state index contributed by atoms with van der Waals surface area (Å²) >= 11 is 6.12. The van der Waals surface area contributed by atoms with Gasteiger partial charge in [0.1, 0.15) is 10.5 Å². The molecule has 19 heavy (non-hydrogen) atoms. The van der Waals surface area contributed by atoms with E-state index in [-0.39, 0.29) is 5.41 Å². The maximum Gasteiger partial charge on any atom is 0.366 e. The van der Waals surface area contributed by atoms with Gasteiger partial charge < -0.3 is 0 Å². The van der Waals surface area contributed by atoms with Crippen LogP contribution in [0.4, 0.5) is 0 Å². The average Bonchev–Trinajstić information content (AvgIpc) is 2.37. The SMILES string of the molecule is CCC(Cl)(CC)C(=O)OOOC(C)(C)C(C)(C)CC. The lowest BCUT2D eigenvalue weighted by Gasteiger charge is -2.38. The molecule has 0 spiro atoms. The third kappa shape index (κ3) is 4.62. The lowest BCUT2D eigenvalue weighted by Crippen LogP contribution is -2.42. The second-order valence-electron chi connectivity index (χ2n) is 5.94. The summed E-state index contributed by atoms with van der Waals surface area (Å²) < 4.78 is 0. The molecule has 0 bridgehead atoms. The van der Waals surface area contributed by atoms with Gasteiger partial charge in [0.2, 0.25) is 0 Å². The number of halogens is 1. The molecule has 0 aliphatic heterocycles. The van der Waals surface area contributed by atoms with Gasteiger partial charge in [-0.1, -0.05) is 34.6 Å². The van der Waals surface area contributed by atoms with Crippen molar-refractivity contribution < 1.29 is 19.6 Å². The Bertz CT molecular complexity index is 296. The van der Waals surface area contributed by atoms with E-state index in [1.807, 2.05) is 27.7 Å². The Kier molecular flexibility index (Phi) is 6.79. The molecule has 0 radical (unpaired) electrons. The Morgan fingerprint density at radius 1 is 1.00 bits per heavy atom. The van der Waals surface area contributed by atoms with Crippen molar-refractivity contribution in [2.45, 2.75) is 78.2 Å². The standard InChI is InChI=1S/C14H27ClO4/c1-8-12(4,5)13(6,7)18-19-17-11(16)14(15,9-2)10-3/h8-10H2,1-7H3. The summed E-state index contributed by atoms with van der Waals surface area (Å²) in [7, 11) is 0. The first-order valence-electron chi connectivity index (χ1n) is 6.82. The van der Waals surface area contributed by atoms with Gasteiger partial charge >= 0.3 is 5.97 Å². The van der Waals surface area contributed by atoms with E-state index in [4.69, 9.17) is 16.5 Å². The molecular weight excluding hydrogens is 268 g/mol. The molecule has 0 aliphatic rings. The van der Waals surface area contributed by atoms with Gasteiger partial charge in [-0.3, -0.25) is 4.89 Å². The topological polar surface area (TPSA) is 44.8 Å². The van der Waals surface area contributed by atoms with E-state index in [0.717, 1.165) is 6.42 Å². The number of hydrogen-bond acceptors (Lipinski definition) is 4. The van der Waals surface area contributed by atoms with Crippen LogP contribution in [0.3, 0.4) is 0 Å². The summed E-state index contributed by atoms with van der Waals surface area (Å²) in [5, 5.41) is 4.66. The van der Waals surface area contributed by atoms with Gasteiger partial charge in [-0.15, -0.1) is 11.6 Å². The highest BCUT2D eigenvalue weighted by molar-refractivity contribution is 6.33. The smallest absolute Gasteiger partial charge is 0.267 e.